The van der Waals surface area contributed by atoms with Crippen LogP contribution in [0.3, 0.4) is 0 Å². The summed E-state index contributed by atoms with van der Waals surface area (Å²) in [5, 5.41) is 3.19. The fourth-order valence-electron chi connectivity index (χ4n) is 2.02. The van der Waals surface area contributed by atoms with Crippen LogP contribution in [0.4, 0.5) is 10.1 Å². The molecular formula is C15H17FN2O2. The molecule has 1 unspecified atom stereocenters. The molecule has 1 N–H and O–H groups in total. The van der Waals surface area contributed by atoms with Crippen molar-refractivity contribution in [2.75, 3.05) is 19.5 Å². The zero-order chi connectivity index (χ0) is 14.5. The van der Waals surface area contributed by atoms with Gasteiger partial charge in [-0.1, -0.05) is 6.07 Å². The molecule has 1 atom stereocenters. The van der Waals surface area contributed by atoms with Crippen molar-refractivity contribution in [3.8, 4) is 11.6 Å². The molecule has 0 fully saturated rings. The first-order valence-corrected chi connectivity index (χ1v) is 6.24. The first kappa shape index (κ1) is 14.1. The van der Waals surface area contributed by atoms with E-state index in [1.54, 1.807) is 31.5 Å². The normalized spacial score (nSPS) is 11.8. The lowest BCUT2D eigenvalue weighted by Gasteiger charge is -2.19. The minimum absolute atomic E-state index is 0.249. The molecule has 0 aliphatic rings. The average molecular weight is 276 g/mol. The number of halogens is 1. The number of pyridine rings is 1. The summed E-state index contributed by atoms with van der Waals surface area (Å²) in [4.78, 5) is 4.10. The minimum atomic E-state index is -0.300. The number of rotatable bonds is 5. The van der Waals surface area contributed by atoms with Gasteiger partial charge in [-0.05, 0) is 25.1 Å². The molecule has 20 heavy (non-hydrogen) atoms. The maximum absolute atomic E-state index is 14.0. The second-order valence-corrected chi connectivity index (χ2v) is 4.31. The Bertz CT molecular complexity index is 573. The Morgan fingerprint density at radius 2 is 1.95 bits per heavy atom. The quantitative estimate of drug-likeness (QED) is 0.908. The molecular weight excluding hydrogens is 259 g/mol. The third-order valence-corrected chi connectivity index (χ3v) is 2.99. The van der Waals surface area contributed by atoms with Crippen LogP contribution in [0.2, 0.25) is 0 Å². The van der Waals surface area contributed by atoms with Crippen LogP contribution in [0.5, 0.6) is 11.6 Å². The average Bonchev–Trinajstić information content (AvgIpc) is 2.47. The Labute approximate surface area is 117 Å². The zero-order valence-corrected chi connectivity index (χ0v) is 11.7. The molecule has 0 radical (unpaired) electrons. The van der Waals surface area contributed by atoms with Gasteiger partial charge in [-0.2, -0.15) is 0 Å². The monoisotopic (exact) mass is 276 g/mol. The van der Waals surface area contributed by atoms with Crippen LogP contribution in [0.15, 0.2) is 36.5 Å². The molecule has 0 saturated heterocycles. The van der Waals surface area contributed by atoms with Crippen LogP contribution in [-0.2, 0) is 0 Å². The highest BCUT2D eigenvalue weighted by Gasteiger charge is 2.16. The van der Waals surface area contributed by atoms with Gasteiger partial charge in [0, 0.05) is 6.07 Å². The molecule has 0 amide bonds. The maximum atomic E-state index is 14.0. The van der Waals surface area contributed by atoms with Crippen LogP contribution < -0.4 is 14.8 Å². The summed E-state index contributed by atoms with van der Waals surface area (Å²) in [6.45, 7) is 1.87. The SMILES string of the molecule is COc1ccc(NC(C)c2c(F)cccc2OC)cn1. The molecule has 2 rings (SSSR count). The van der Waals surface area contributed by atoms with E-state index in [9.17, 15) is 4.39 Å². The van der Waals surface area contributed by atoms with E-state index in [-0.39, 0.29) is 11.9 Å². The number of methoxy groups -OCH3 is 2. The third-order valence-electron chi connectivity index (χ3n) is 2.99. The van der Waals surface area contributed by atoms with Gasteiger partial charge in [0.25, 0.3) is 0 Å². The molecule has 1 heterocycles. The topological polar surface area (TPSA) is 43.4 Å². The van der Waals surface area contributed by atoms with E-state index < -0.39 is 0 Å². The van der Waals surface area contributed by atoms with E-state index in [0.29, 0.717) is 17.2 Å². The Morgan fingerprint density at radius 1 is 1.15 bits per heavy atom. The Morgan fingerprint density at radius 3 is 2.55 bits per heavy atom. The molecule has 0 spiro atoms. The molecule has 1 aromatic heterocycles. The molecule has 0 saturated carbocycles. The van der Waals surface area contributed by atoms with Gasteiger partial charge in [0.2, 0.25) is 5.88 Å². The van der Waals surface area contributed by atoms with Crippen molar-refractivity contribution in [2.45, 2.75) is 13.0 Å². The van der Waals surface area contributed by atoms with Gasteiger partial charge in [-0.15, -0.1) is 0 Å². The fourth-order valence-corrected chi connectivity index (χ4v) is 2.02. The number of ether oxygens (including phenoxy) is 2. The van der Waals surface area contributed by atoms with Crippen molar-refractivity contribution in [2.24, 2.45) is 0 Å². The first-order chi connectivity index (χ1) is 9.65. The fraction of sp³-hybridized carbons (Fsp3) is 0.267. The van der Waals surface area contributed by atoms with E-state index in [2.05, 4.69) is 10.3 Å². The van der Waals surface area contributed by atoms with Crippen molar-refractivity contribution >= 4 is 5.69 Å². The lowest BCUT2D eigenvalue weighted by Crippen LogP contribution is -2.10. The Hall–Kier alpha value is -2.30. The van der Waals surface area contributed by atoms with Gasteiger partial charge < -0.3 is 14.8 Å². The van der Waals surface area contributed by atoms with Crippen molar-refractivity contribution in [1.82, 2.24) is 4.98 Å². The number of nitrogens with one attached hydrogen (secondary N) is 1. The predicted octanol–water partition coefficient (Wildman–Crippen LogP) is 3.41. The van der Waals surface area contributed by atoms with Crippen molar-refractivity contribution in [3.63, 3.8) is 0 Å². The third kappa shape index (κ3) is 2.99. The second-order valence-electron chi connectivity index (χ2n) is 4.31. The summed E-state index contributed by atoms with van der Waals surface area (Å²) in [6.07, 6.45) is 1.64. The highest BCUT2D eigenvalue weighted by atomic mass is 19.1. The van der Waals surface area contributed by atoms with Crippen molar-refractivity contribution in [3.05, 3.63) is 47.9 Å². The van der Waals surface area contributed by atoms with Gasteiger partial charge in [0.1, 0.15) is 11.6 Å². The molecule has 1 aromatic carbocycles. The van der Waals surface area contributed by atoms with E-state index in [4.69, 9.17) is 9.47 Å². The standard InChI is InChI=1S/C15H17FN2O2/c1-10(15-12(16)5-4-6-13(15)19-2)18-11-7-8-14(20-3)17-9-11/h4-10,18H,1-3H3. The van der Waals surface area contributed by atoms with Gasteiger partial charge in [0.15, 0.2) is 0 Å². The number of hydrogen-bond acceptors (Lipinski definition) is 4. The van der Waals surface area contributed by atoms with Gasteiger partial charge in [-0.3, -0.25) is 0 Å². The summed E-state index contributed by atoms with van der Waals surface area (Å²) >= 11 is 0. The van der Waals surface area contributed by atoms with Gasteiger partial charge >= 0.3 is 0 Å². The number of anilines is 1. The van der Waals surface area contributed by atoms with Crippen LogP contribution in [0.1, 0.15) is 18.5 Å². The summed E-state index contributed by atoms with van der Waals surface area (Å²) < 4.78 is 24.2. The van der Waals surface area contributed by atoms with Crippen LogP contribution in [-0.4, -0.2) is 19.2 Å². The summed E-state index contributed by atoms with van der Waals surface area (Å²) in [7, 11) is 3.09. The second kappa shape index (κ2) is 6.23. The summed E-state index contributed by atoms with van der Waals surface area (Å²) in [5.74, 6) is 0.754. The molecule has 2 aromatic rings. The predicted molar refractivity (Wildman–Crippen MR) is 75.8 cm³/mol. The van der Waals surface area contributed by atoms with Crippen LogP contribution >= 0.6 is 0 Å². The number of aromatic nitrogens is 1. The number of hydrogen-bond donors (Lipinski definition) is 1. The molecule has 4 nitrogen and oxygen atoms in total. The van der Waals surface area contributed by atoms with Gasteiger partial charge in [0.05, 0.1) is 37.7 Å². The van der Waals surface area contributed by atoms with E-state index in [1.807, 2.05) is 13.0 Å². The van der Waals surface area contributed by atoms with E-state index in [0.717, 1.165) is 5.69 Å². The highest BCUT2D eigenvalue weighted by molar-refractivity contribution is 5.47. The Kier molecular flexibility index (Phi) is 4.40. The van der Waals surface area contributed by atoms with Crippen LogP contribution in [0.25, 0.3) is 0 Å². The van der Waals surface area contributed by atoms with Crippen LogP contribution in [0, 0.1) is 5.82 Å². The molecule has 0 aliphatic heterocycles. The van der Waals surface area contributed by atoms with Crippen molar-refractivity contribution < 1.29 is 13.9 Å². The van der Waals surface area contributed by atoms with E-state index >= 15 is 0 Å². The Balaban J connectivity index is 2.21. The minimum Gasteiger partial charge on any atom is -0.496 e. The molecule has 5 heteroatoms. The summed E-state index contributed by atoms with van der Waals surface area (Å²) in [5.41, 5.74) is 1.27. The maximum Gasteiger partial charge on any atom is 0.213 e. The lowest BCUT2D eigenvalue weighted by molar-refractivity contribution is 0.398. The van der Waals surface area contributed by atoms with E-state index in [1.165, 1.54) is 13.2 Å². The van der Waals surface area contributed by atoms with Crippen molar-refractivity contribution in [1.29, 1.82) is 0 Å². The summed E-state index contributed by atoms with van der Waals surface area (Å²) in [6, 6.07) is 8.11. The lowest BCUT2D eigenvalue weighted by atomic mass is 10.1. The smallest absolute Gasteiger partial charge is 0.213 e. The van der Waals surface area contributed by atoms with Gasteiger partial charge in [-0.25, -0.2) is 9.37 Å². The first-order valence-electron chi connectivity index (χ1n) is 6.24. The number of nitrogens with zero attached hydrogens (tertiary/aromatic N) is 1. The zero-order valence-electron chi connectivity index (χ0n) is 11.7. The molecule has 0 bridgehead atoms. The largest absolute Gasteiger partial charge is 0.496 e. The number of benzene rings is 1. The highest BCUT2D eigenvalue weighted by Crippen LogP contribution is 2.30. The molecule has 0 aliphatic carbocycles. The molecule has 106 valence electrons.